The summed E-state index contributed by atoms with van der Waals surface area (Å²) in [5.74, 6) is 2.11. The fraction of sp³-hybridized carbons (Fsp3) is 0.188. The van der Waals surface area contributed by atoms with E-state index in [-0.39, 0.29) is 0 Å². The van der Waals surface area contributed by atoms with Crippen LogP contribution in [0.1, 0.15) is 5.56 Å². The first kappa shape index (κ1) is 14.2. The Kier molecular flexibility index (Phi) is 3.70. The minimum absolute atomic E-state index is 0.497. The van der Waals surface area contributed by atoms with Crippen LogP contribution in [-0.4, -0.2) is 33.4 Å². The molecule has 0 atom stereocenters. The first-order valence-electron chi connectivity index (χ1n) is 7.21. The monoisotopic (exact) mass is 372 g/mol. The van der Waals surface area contributed by atoms with E-state index < -0.39 is 0 Å². The van der Waals surface area contributed by atoms with Crippen molar-refractivity contribution in [2.75, 3.05) is 13.2 Å². The van der Waals surface area contributed by atoms with Crippen LogP contribution in [0.25, 0.3) is 11.4 Å². The molecule has 3 aromatic rings. The smallest absolute Gasteiger partial charge is 0.204 e. The summed E-state index contributed by atoms with van der Waals surface area (Å²) in [4.78, 5) is 1.57. The third kappa shape index (κ3) is 2.92. The Balaban J connectivity index is 1.60. The van der Waals surface area contributed by atoms with Gasteiger partial charge in [0.25, 0.3) is 0 Å². The molecule has 0 saturated carbocycles. The molecule has 0 amide bonds. The minimum atomic E-state index is 0.497. The molecule has 2 heterocycles. The summed E-state index contributed by atoms with van der Waals surface area (Å²) in [7, 11) is 0. The lowest BCUT2D eigenvalue weighted by atomic mass is 10.2. The Morgan fingerprint density at radius 1 is 1.04 bits per heavy atom. The van der Waals surface area contributed by atoms with Gasteiger partial charge in [0.2, 0.25) is 5.82 Å². The summed E-state index contributed by atoms with van der Waals surface area (Å²) >= 11 is 3.56. The number of tetrazole rings is 1. The standard InChI is InChI=1S/C16H13BrN4O2/c17-13-9-15-14(22-6-7-23-15)8-12(13)10-21-19-16(18-20-21)11-4-2-1-3-5-11/h1-5,8-9H,6-7,10H2. The van der Waals surface area contributed by atoms with Gasteiger partial charge in [0.1, 0.15) is 13.2 Å². The van der Waals surface area contributed by atoms with Crippen molar-refractivity contribution in [2.45, 2.75) is 6.54 Å². The highest BCUT2D eigenvalue weighted by atomic mass is 79.9. The van der Waals surface area contributed by atoms with E-state index in [9.17, 15) is 0 Å². The van der Waals surface area contributed by atoms with E-state index in [4.69, 9.17) is 9.47 Å². The molecule has 0 aliphatic carbocycles. The maximum Gasteiger partial charge on any atom is 0.204 e. The van der Waals surface area contributed by atoms with Gasteiger partial charge in [-0.15, -0.1) is 10.2 Å². The molecule has 0 bridgehead atoms. The van der Waals surface area contributed by atoms with Crippen molar-refractivity contribution in [1.29, 1.82) is 0 Å². The van der Waals surface area contributed by atoms with E-state index in [0.29, 0.717) is 25.6 Å². The van der Waals surface area contributed by atoms with Gasteiger partial charge in [0.05, 0.1) is 6.54 Å². The van der Waals surface area contributed by atoms with Gasteiger partial charge in [-0.3, -0.25) is 0 Å². The molecule has 0 saturated heterocycles. The predicted octanol–water partition coefficient (Wildman–Crippen LogP) is 2.92. The maximum atomic E-state index is 5.62. The first-order chi connectivity index (χ1) is 11.3. The van der Waals surface area contributed by atoms with Gasteiger partial charge in [0.15, 0.2) is 11.5 Å². The molecule has 1 aliphatic rings. The van der Waals surface area contributed by atoms with Gasteiger partial charge in [-0.25, -0.2) is 0 Å². The van der Waals surface area contributed by atoms with E-state index in [1.807, 2.05) is 42.5 Å². The number of fused-ring (bicyclic) bond motifs is 1. The van der Waals surface area contributed by atoms with Crippen molar-refractivity contribution in [3.63, 3.8) is 0 Å². The molecule has 0 radical (unpaired) electrons. The van der Waals surface area contributed by atoms with Crippen molar-refractivity contribution in [2.24, 2.45) is 0 Å². The summed E-state index contributed by atoms with van der Waals surface area (Å²) in [6.07, 6.45) is 0. The van der Waals surface area contributed by atoms with Gasteiger partial charge >= 0.3 is 0 Å². The molecule has 1 aromatic heterocycles. The molecule has 4 rings (SSSR count). The molecule has 0 spiro atoms. The topological polar surface area (TPSA) is 62.1 Å². The Labute approximate surface area is 141 Å². The SMILES string of the molecule is Brc1cc2c(cc1Cn1nnc(-c3ccccc3)n1)OCCO2. The average Bonchev–Trinajstić information content (AvgIpc) is 3.05. The quantitative estimate of drug-likeness (QED) is 0.707. The van der Waals surface area contributed by atoms with Crippen molar-refractivity contribution in [1.82, 2.24) is 20.2 Å². The lowest BCUT2D eigenvalue weighted by Gasteiger charge is -2.19. The Hall–Kier alpha value is -2.41. The predicted molar refractivity (Wildman–Crippen MR) is 87.5 cm³/mol. The van der Waals surface area contributed by atoms with Gasteiger partial charge in [-0.1, -0.05) is 46.3 Å². The molecule has 23 heavy (non-hydrogen) atoms. The molecule has 0 unspecified atom stereocenters. The fourth-order valence-corrected chi connectivity index (χ4v) is 2.84. The molecule has 1 aliphatic heterocycles. The second kappa shape index (κ2) is 6.00. The van der Waals surface area contributed by atoms with Crippen LogP contribution in [0.2, 0.25) is 0 Å². The van der Waals surface area contributed by atoms with Crippen LogP contribution in [0, 0.1) is 0 Å². The third-order valence-electron chi connectivity index (χ3n) is 3.51. The second-order valence-electron chi connectivity index (χ2n) is 5.10. The van der Waals surface area contributed by atoms with Crippen molar-refractivity contribution < 1.29 is 9.47 Å². The molecule has 0 fully saturated rings. The highest BCUT2D eigenvalue weighted by Gasteiger charge is 2.16. The van der Waals surface area contributed by atoms with Crippen molar-refractivity contribution in [3.05, 3.63) is 52.5 Å². The highest BCUT2D eigenvalue weighted by Crippen LogP contribution is 2.35. The lowest BCUT2D eigenvalue weighted by Crippen LogP contribution is -2.16. The van der Waals surface area contributed by atoms with Gasteiger partial charge < -0.3 is 9.47 Å². The number of nitrogens with zero attached hydrogens (tertiary/aromatic N) is 4. The zero-order valence-corrected chi connectivity index (χ0v) is 13.7. The Morgan fingerprint density at radius 2 is 1.78 bits per heavy atom. The molecule has 2 aromatic carbocycles. The number of aromatic nitrogens is 4. The largest absolute Gasteiger partial charge is 0.486 e. The number of rotatable bonds is 3. The van der Waals surface area contributed by atoms with Crippen LogP contribution in [0.15, 0.2) is 46.9 Å². The number of ether oxygens (including phenoxy) is 2. The number of hydrogen-bond acceptors (Lipinski definition) is 5. The maximum absolute atomic E-state index is 5.62. The first-order valence-corrected chi connectivity index (χ1v) is 8.00. The number of halogens is 1. The Morgan fingerprint density at radius 3 is 2.57 bits per heavy atom. The van der Waals surface area contributed by atoms with Crippen molar-refractivity contribution in [3.8, 4) is 22.9 Å². The van der Waals surface area contributed by atoms with Crippen molar-refractivity contribution >= 4 is 15.9 Å². The zero-order chi connectivity index (χ0) is 15.6. The second-order valence-corrected chi connectivity index (χ2v) is 5.95. The van der Waals surface area contributed by atoms with E-state index in [1.54, 1.807) is 4.80 Å². The fourth-order valence-electron chi connectivity index (χ4n) is 2.39. The van der Waals surface area contributed by atoms with Crippen LogP contribution in [0.5, 0.6) is 11.5 Å². The molecular weight excluding hydrogens is 360 g/mol. The molecule has 0 N–H and O–H groups in total. The molecule has 6 nitrogen and oxygen atoms in total. The zero-order valence-electron chi connectivity index (χ0n) is 12.1. The van der Waals surface area contributed by atoms with Gasteiger partial charge in [0, 0.05) is 10.0 Å². The summed E-state index contributed by atoms with van der Waals surface area (Å²) in [6.45, 7) is 1.63. The van der Waals surface area contributed by atoms with Crippen LogP contribution in [0.3, 0.4) is 0 Å². The Bertz CT molecular complexity index is 835. The summed E-state index contributed by atoms with van der Waals surface area (Å²) in [5.41, 5.74) is 1.95. The van der Waals surface area contributed by atoms with Crippen LogP contribution in [0.4, 0.5) is 0 Å². The minimum Gasteiger partial charge on any atom is -0.486 e. The molecule has 7 heteroatoms. The van der Waals surface area contributed by atoms with E-state index in [2.05, 4.69) is 31.3 Å². The summed E-state index contributed by atoms with van der Waals surface area (Å²) < 4.78 is 12.1. The molecular formula is C16H13BrN4O2. The van der Waals surface area contributed by atoms with Gasteiger partial charge in [-0.2, -0.15) is 4.80 Å². The summed E-state index contributed by atoms with van der Waals surface area (Å²) in [5, 5.41) is 12.7. The van der Waals surface area contributed by atoms with E-state index in [0.717, 1.165) is 27.1 Å². The van der Waals surface area contributed by atoms with Crippen LogP contribution in [-0.2, 0) is 6.54 Å². The number of hydrogen-bond donors (Lipinski definition) is 0. The van der Waals surface area contributed by atoms with Gasteiger partial charge in [-0.05, 0) is 22.9 Å². The van der Waals surface area contributed by atoms with Crippen LogP contribution < -0.4 is 9.47 Å². The van der Waals surface area contributed by atoms with E-state index in [1.165, 1.54) is 0 Å². The highest BCUT2D eigenvalue weighted by molar-refractivity contribution is 9.10. The average molecular weight is 373 g/mol. The van der Waals surface area contributed by atoms with Crippen LogP contribution >= 0.6 is 15.9 Å². The number of benzene rings is 2. The lowest BCUT2D eigenvalue weighted by molar-refractivity contribution is 0.171. The third-order valence-corrected chi connectivity index (χ3v) is 4.25. The molecule has 116 valence electrons. The summed E-state index contributed by atoms with van der Waals surface area (Å²) in [6, 6.07) is 13.6. The normalized spacial score (nSPS) is 13.1. The van der Waals surface area contributed by atoms with E-state index >= 15 is 0 Å².